The van der Waals surface area contributed by atoms with Crippen LogP contribution in [0.1, 0.15) is 19.7 Å². The molecule has 2 rings (SSSR count). The Labute approximate surface area is 107 Å². The van der Waals surface area contributed by atoms with Gasteiger partial charge in [-0.05, 0) is 26.0 Å². The van der Waals surface area contributed by atoms with Gasteiger partial charge in [-0.3, -0.25) is 0 Å². The summed E-state index contributed by atoms with van der Waals surface area (Å²) in [5.41, 5.74) is 0. The molecule has 0 fully saturated rings. The molecule has 0 aliphatic heterocycles. The van der Waals surface area contributed by atoms with Crippen molar-refractivity contribution in [2.75, 3.05) is 11.9 Å². The molecule has 0 aromatic carbocycles. The third-order valence-electron chi connectivity index (χ3n) is 2.34. The maximum atomic E-state index is 5.68. The Hall–Kier alpha value is -2.04. The van der Waals surface area contributed by atoms with Gasteiger partial charge in [0.1, 0.15) is 5.82 Å². The summed E-state index contributed by atoms with van der Waals surface area (Å²) in [6, 6.07) is 3.79. The molecule has 0 spiro atoms. The summed E-state index contributed by atoms with van der Waals surface area (Å²) in [7, 11) is 0. The number of nitrogens with one attached hydrogen (secondary N) is 2. The summed E-state index contributed by atoms with van der Waals surface area (Å²) in [5.74, 6) is 2.52. The number of aromatic nitrogens is 3. The van der Waals surface area contributed by atoms with Crippen LogP contribution < -0.4 is 10.1 Å². The molecule has 96 valence electrons. The van der Waals surface area contributed by atoms with Crippen LogP contribution in [0.15, 0.2) is 30.7 Å². The van der Waals surface area contributed by atoms with Gasteiger partial charge in [0, 0.05) is 31.6 Å². The van der Waals surface area contributed by atoms with Gasteiger partial charge in [-0.15, -0.1) is 0 Å². The summed E-state index contributed by atoms with van der Waals surface area (Å²) < 4.78 is 5.68. The zero-order valence-corrected chi connectivity index (χ0v) is 10.7. The van der Waals surface area contributed by atoms with Crippen LogP contribution in [-0.2, 0) is 6.42 Å². The summed E-state index contributed by atoms with van der Waals surface area (Å²) in [6.45, 7) is 4.76. The average Bonchev–Trinajstić information content (AvgIpc) is 2.84. The predicted molar refractivity (Wildman–Crippen MR) is 70.8 cm³/mol. The first-order valence-corrected chi connectivity index (χ1v) is 6.09. The first-order chi connectivity index (χ1) is 8.75. The van der Waals surface area contributed by atoms with Gasteiger partial charge < -0.3 is 15.0 Å². The van der Waals surface area contributed by atoms with Gasteiger partial charge in [0.2, 0.25) is 0 Å². The minimum atomic E-state index is 0.139. The fraction of sp³-hybridized carbons (Fsp3) is 0.385. The van der Waals surface area contributed by atoms with Crippen LogP contribution in [0.25, 0.3) is 0 Å². The number of hydrogen-bond donors (Lipinski definition) is 2. The molecule has 0 radical (unpaired) electrons. The van der Waals surface area contributed by atoms with Gasteiger partial charge in [0.15, 0.2) is 11.6 Å². The molecule has 0 saturated heterocycles. The second kappa shape index (κ2) is 6.05. The smallest absolute Gasteiger partial charge is 0.168 e. The van der Waals surface area contributed by atoms with E-state index in [1.165, 1.54) is 0 Å². The van der Waals surface area contributed by atoms with E-state index in [1.54, 1.807) is 12.4 Å². The largest absolute Gasteiger partial charge is 0.487 e. The highest BCUT2D eigenvalue weighted by atomic mass is 16.5. The lowest BCUT2D eigenvalue weighted by Crippen LogP contribution is -2.11. The molecule has 0 amide bonds. The number of nitrogens with zero attached hydrogens (tertiary/aromatic N) is 2. The fourth-order valence-corrected chi connectivity index (χ4v) is 1.61. The van der Waals surface area contributed by atoms with Crippen molar-refractivity contribution < 1.29 is 4.74 Å². The maximum Gasteiger partial charge on any atom is 0.168 e. The first-order valence-electron chi connectivity index (χ1n) is 6.09. The number of H-pyrrole nitrogens is 1. The lowest BCUT2D eigenvalue weighted by atomic mass is 10.3. The van der Waals surface area contributed by atoms with Crippen molar-refractivity contribution >= 4 is 5.82 Å². The van der Waals surface area contributed by atoms with Crippen molar-refractivity contribution in [3.05, 3.63) is 36.5 Å². The van der Waals surface area contributed by atoms with Gasteiger partial charge >= 0.3 is 0 Å². The van der Waals surface area contributed by atoms with E-state index in [0.717, 1.165) is 30.4 Å². The molecule has 2 aromatic rings. The van der Waals surface area contributed by atoms with Crippen molar-refractivity contribution in [3.63, 3.8) is 0 Å². The number of imidazole rings is 1. The lowest BCUT2D eigenvalue weighted by Gasteiger charge is -2.14. The first kappa shape index (κ1) is 12.4. The average molecular weight is 246 g/mol. The molecule has 2 heterocycles. The van der Waals surface area contributed by atoms with Crippen molar-refractivity contribution in [3.8, 4) is 5.75 Å². The molecule has 0 atom stereocenters. The van der Waals surface area contributed by atoms with E-state index in [0.29, 0.717) is 0 Å². The third kappa shape index (κ3) is 3.48. The van der Waals surface area contributed by atoms with Crippen molar-refractivity contribution in [2.24, 2.45) is 0 Å². The van der Waals surface area contributed by atoms with Crippen LogP contribution in [0, 0.1) is 0 Å². The van der Waals surface area contributed by atoms with Crippen LogP contribution >= 0.6 is 0 Å². The Morgan fingerprint density at radius 2 is 2.22 bits per heavy atom. The Morgan fingerprint density at radius 1 is 1.33 bits per heavy atom. The summed E-state index contributed by atoms with van der Waals surface area (Å²) >= 11 is 0. The van der Waals surface area contributed by atoms with E-state index < -0.39 is 0 Å². The number of ether oxygens (including phenoxy) is 1. The van der Waals surface area contributed by atoms with Gasteiger partial charge in [-0.25, -0.2) is 9.97 Å². The molecule has 2 aromatic heterocycles. The molecular weight excluding hydrogens is 228 g/mol. The molecule has 2 N–H and O–H groups in total. The van der Waals surface area contributed by atoms with Crippen LogP contribution in [0.2, 0.25) is 0 Å². The lowest BCUT2D eigenvalue weighted by molar-refractivity contribution is 0.243. The van der Waals surface area contributed by atoms with Crippen LogP contribution in [-0.4, -0.2) is 27.6 Å². The van der Waals surface area contributed by atoms with Gasteiger partial charge in [-0.2, -0.15) is 0 Å². The Bertz CT molecular complexity index is 468. The summed E-state index contributed by atoms with van der Waals surface area (Å²) in [6.07, 6.45) is 6.29. The van der Waals surface area contributed by atoms with Gasteiger partial charge in [-0.1, -0.05) is 0 Å². The Kier molecular flexibility index (Phi) is 4.17. The number of aromatic amines is 1. The molecule has 0 unspecified atom stereocenters. The molecule has 5 heteroatoms. The molecule has 0 saturated carbocycles. The van der Waals surface area contributed by atoms with E-state index in [2.05, 4.69) is 20.3 Å². The van der Waals surface area contributed by atoms with E-state index in [4.69, 9.17) is 4.74 Å². The molecule has 5 nitrogen and oxygen atoms in total. The van der Waals surface area contributed by atoms with Gasteiger partial charge in [0.05, 0.1) is 6.10 Å². The van der Waals surface area contributed by atoms with Crippen molar-refractivity contribution in [1.82, 2.24) is 15.0 Å². The van der Waals surface area contributed by atoms with Crippen LogP contribution in [0.3, 0.4) is 0 Å². The second-order valence-corrected chi connectivity index (χ2v) is 4.23. The highest BCUT2D eigenvalue weighted by Crippen LogP contribution is 2.21. The molecule has 0 aliphatic carbocycles. The zero-order chi connectivity index (χ0) is 12.8. The van der Waals surface area contributed by atoms with E-state index in [9.17, 15) is 0 Å². The maximum absolute atomic E-state index is 5.68. The second-order valence-electron chi connectivity index (χ2n) is 4.23. The highest BCUT2D eigenvalue weighted by molar-refractivity contribution is 5.49. The molecular formula is C13H18N4O. The van der Waals surface area contributed by atoms with Gasteiger partial charge in [0.25, 0.3) is 0 Å². The van der Waals surface area contributed by atoms with E-state index in [-0.39, 0.29) is 6.10 Å². The molecule has 18 heavy (non-hydrogen) atoms. The number of anilines is 1. The standard InChI is InChI=1S/C13H18N4O/c1-10(2)18-11-4-3-6-16-13(11)17-7-5-12-14-8-9-15-12/h3-4,6,8-10H,5,7H2,1-2H3,(H,14,15)(H,16,17). The summed E-state index contributed by atoms with van der Waals surface area (Å²) in [4.78, 5) is 11.5. The topological polar surface area (TPSA) is 62.8 Å². The SMILES string of the molecule is CC(C)Oc1cccnc1NCCc1ncc[nH]1. The van der Waals surface area contributed by atoms with E-state index in [1.807, 2.05) is 32.2 Å². The number of hydrogen-bond acceptors (Lipinski definition) is 4. The number of rotatable bonds is 6. The summed E-state index contributed by atoms with van der Waals surface area (Å²) in [5, 5.41) is 3.26. The Morgan fingerprint density at radius 3 is 2.94 bits per heavy atom. The fourth-order valence-electron chi connectivity index (χ4n) is 1.61. The van der Waals surface area contributed by atoms with Crippen molar-refractivity contribution in [1.29, 1.82) is 0 Å². The number of pyridine rings is 1. The minimum absolute atomic E-state index is 0.139. The van der Waals surface area contributed by atoms with E-state index >= 15 is 0 Å². The molecule has 0 aliphatic rings. The Balaban J connectivity index is 1.92. The predicted octanol–water partition coefficient (Wildman–Crippen LogP) is 2.25. The zero-order valence-electron chi connectivity index (χ0n) is 10.7. The third-order valence-corrected chi connectivity index (χ3v) is 2.34. The highest BCUT2D eigenvalue weighted by Gasteiger charge is 2.05. The van der Waals surface area contributed by atoms with Crippen molar-refractivity contribution in [2.45, 2.75) is 26.4 Å². The quantitative estimate of drug-likeness (QED) is 0.820. The monoisotopic (exact) mass is 246 g/mol. The van der Waals surface area contributed by atoms with Crippen LogP contribution in [0.4, 0.5) is 5.82 Å². The van der Waals surface area contributed by atoms with Crippen LogP contribution in [0.5, 0.6) is 5.75 Å². The normalized spacial score (nSPS) is 10.6. The minimum Gasteiger partial charge on any atom is -0.487 e. The molecule has 0 bridgehead atoms.